The molecule has 0 aliphatic carbocycles. The Morgan fingerprint density at radius 1 is 1.38 bits per heavy atom. The Labute approximate surface area is 83.3 Å². The van der Waals surface area contributed by atoms with Crippen molar-refractivity contribution in [3.8, 4) is 0 Å². The van der Waals surface area contributed by atoms with Gasteiger partial charge in [0.2, 0.25) is 0 Å². The lowest BCUT2D eigenvalue weighted by molar-refractivity contribution is 0.0528. The largest absolute Gasteiger partial charge is 0.444 e. The van der Waals surface area contributed by atoms with Crippen LogP contribution in [0.15, 0.2) is 0 Å². The molecule has 1 amide bonds. The summed E-state index contributed by atoms with van der Waals surface area (Å²) in [7, 11) is 0. The van der Waals surface area contributed by atoms with Gasteiger partial charge in [-0.2, -0.15) is 0 Å². The maximum Gasteiger partial charge on any atom is 0.407 e. The Hall–Kier alpha value is -0.730. The number of ether oxygens (including phenoxy) is 1. The predicted octanol–water partition coefficient (Wildman–Crippen LogP) is 3.19. The van der Waals surface area contributed by atoms with Gasteiger partial charge < -0.3 is 10.1 Å². The van der Waals surface area contributed by atoms with Gasteiger partial charge in [-0.15, -0.1) is 0 Å². The molecule has 0 bridgehead atoms. The first kappa shape index (κ1) is 14.8. The molecule has 0 saturated carbocycles. The molecule has 0 aromatic heterocycles. The Morgan fingerprint density at radius 3 is 2.15 bits per heavy atom. The van der Waals surface area contributed by atoms with Gasteiger partial charge in [-0.25, -0.2) is 4.79 Å². The highest BCUT2D eigenvalue weighted by Crippen LogP contribution is 2.05. The maximum atomic E-state index is 10.9. The van der Waals surface area contributed by atoms with Crippen LogP contribution in [0.3, 0.4) is 0 Å². The lowest BCUT2D eigenvalue weighted by Gasteiger charge is -2.19. The molecular weight excluding hydrogens is 166 g/mol. The van der Waals surface area contributed by atoms with Crippen molar-refractivity contribution in [3.63, 3.8) is 0 Å². The molecule has 0 aliphatic rings. The van der Waals surface area contributed by atoms with E-state index in [0.717, 1.165) is 6.42 Å². The van der Waals surface area contributed by atoms with Gasteiger partial charge in [0.1, 0.15) is 5.60 Å². The zero-order chi connectivity index (χ0) is 10.9. The average molecular weight is 191 g/mol. The normalized spacial score (nSPS) is 9.69. The summed E-state index contributed by atoms with van der Waals surface area (Å²) in [6, 6.07) is 0. The number of carbonyl (C=O) groups is 1. The van der Waals surface area contributed by atoms with Gasteiger partial charge in [0.25, 0.3) is 0 Å². The summed E-state index contributed by atoms with van der Waals surface area (Å²) >= 11 is 0. The molecule has 0 spiro atoms. The van der Waals surface area contributed by atoms with Crippen molar-refractivity contribution in [3.05, 3.63) is 0 Å². The van der Waals surface area contributed by atoms with E-state index in [0.29, 0.717) is 6.54 Å². The van der Waals surface area contributed by atoms with Crippen LogP contribution in [0.5, 0.6) is 0 Å². The maximum absolute atomic E-state index is 10.9. The fourth-order valence-corrected chi connectivity index (χ4v) is 0.541. The number of carbonyl (C=O) groups excluding carboxylic acids is 1. The van der Waals surface area contributed by atoms with Crippen molar-refractivity contribution in [1.29, 1.82) is 0 Å². The van der Waals surface area contributed by atoms with Crippen molar-refractivity contribution in [2.24, 2.45) is 0 Å². The first-order valence-corrected chi connectivity index (χ1v) is 4.92. The van der Waals surface area contributed by atoms with E-state index in [-0.39, 0.29) is 7.52 Å². The molecule has 0 fully saturated rings. The van der Waals surface area contributed by atoms with Crippen molar-refractivity contribution in [2.45, 2.75) is 53.6 Å². The predicted molar refractivity (Wildman–Crippen MR) is 58.0 cm³/mol. The van der Waals surface area contributed by atoms with Crippen molar-refractivity contribution in [2.75, 3.05) is 6.54 Å². The molecule has 82 valence electrons. The fourth-order valence-electron chi connectivity index (χ4n) is 0.541. The molecule has 0 unspecified atom stereocenters. The summed E-state index contributed by atoms with van der Waals surface area (Å²) in [6.45, 7) is 12.2. The van der Waals surface area contributed by atoms with Crippen LogP contribution in [0.4, 0.5) is 4.79 Å². The van der Waals surface area contributed by atoms with Gasteiger partial charge in [0.05, 0.1) is 0 Å². The van der Waals surface area contributed by atoms with E-state index in [4.69, 9.17) is 4.74 Å². The number of rotatable bonds is 2. The molecular formula is C10H25NO2. The summed E-state index contributed by atoms with van der Waals surface area (Å²) in [5.74, 6) is 0. The summed E-state index contributed by atoms with van der Waals surface area (Å²) in [6.07, 6.45) is 0.596. The quantitative estimate of drug-likeness (QED) is 0.728. The van der Waals surface area contributed by atoms with Gasteiger partial charge in [0.15, 0.2) is 0 Å². The lowest BCUT2D eigenvalue weighted by atomic mass is 10.2. The second-order valence-electron chi connectivity index (χ2n) is 3.43. The van der Waals surface area contributed by atoms with E-state index in [1.54, 1.807) is 0 Å². The van der Waals surface area contributed by atoms with Crippen LogP contribution in [0.2, 0.25) is 0 Å². The van der Waals surface area contributed by atoms with Crippen LogP contribution >= 0.6 is 0 Å². The summed E-state index contributed by atoms with van der Waals surface area (Å²) in [4.78, 5) is 10.9. The highest BCUT2D eigenvalue weighted by atomic mass is 16.6. The molecule has 13 heavy (non-hydrogen) atoms. The van der Waals surface area contributed by atoms with Crippen LogP contribution in [0.25, 0.3) is 0 Å². The fraction of sp³-hybridized carbons (Fsp3) is 0.900. The first-order valence-electron chi connectivity index (χ1n) is 4.92. The Morgan fingerprint density at radius 2 is 1.85 bits per heavy atom. The van der Waals surface area contributed by atoms with E-state index in [1.165, 1.54) is 0 Å². The minimum atomic E-state index is -0.391. The molecule has 0 aromatic rings. The third-order valence-electron chi connectivity index (χ3n) is 0.918. The zero-order valence-electron chi connectivity index (χ0n) is 9.73. The standard InChI is InChI=1S/C8H17NO2.C2H6.H2/c1-5-6-9-7(10)11-8(2,3)4;1-2;/h5-6H2,1-4H3,(H,9,10);1-2H3;1H. The molecule has 0 heterocycles. The second kappa shape index (κ2) is 7.90. The van der Waals surface area contributed by atoms with E-state index < -0.39 is 5.60 Å². The van der Waals surface area contributed by atoms with Gasteiger partial charge >= 0.3 is 6.09 Å². The summed E-state index contributed by atoms with van der Waals surface area (Å²) in [5, 5.41) is 2.63. The summed E-state index contributed by atoms with van der Waals surface area (Å²) in [5.41, 5.74) is -0.391. The number of amides is 1. The monoisotopic (exact) mass is 191 g/mol. The minimum Gasteiger partial charge on any atom is -0.444 e. The second-order valence-corrected chi connectivity index (χ2v) is 3.43. The van der Waals surface area contributed by atoms with Crippen molar-refractivity contribution in [1.82, 2.24) is 5.32 Å². The van der Waals surface area contributed by atoms with Crippen LogP contribution < -0.4 is 5.32 Å². The van der Waals surface area contributed by atoms with Gasteiger partial charge in [0, 0.05) is 7.97 Å². The van der Waals surface area contributed by atoms with E-state index in [9.17, 15) is 4.79 Å². The zero-order valence-corrected chi connectivity index (χ0v) is 9.73. The summed E-state index contributed by atoms with van der Waals surface area (Å²) < 4.78 is 4.99. The lowest BCUT2D eigenvalue weighted by Crippen LogP contribution is -2.32. The smallest absolute Gasteiger partial charge is 0.407 e. The Bertz CT molecular complexity index is 133. The van der Waals surface area contributed by atoms with Gasteiger partial charge in [-0.05, 0) is 27.2 Å². The Kier molecular flexibility index (Phi) is 8.97. The van der Waals surface area contributed by atoms with Crippen LogP contribution in [-0.2, 0) is 4.74 Å². The molecule has 1 N–H and O–H groups in total. The van der Waals surface area contributed by atoms with Gasteiger partial charge in [-0.3, -0.25) is 0 Å². The molecule has 0 saturated heterocycles. The molecule has 0 rings (SSSR count). The molecule has 3 heteroatoms. The van der Waals surface area contributed by atoms with E-state index >= 15 is 0 Å². The van der Waals surface area contributed by atoms with E-state index in [1.807, 2.05) is 41.5 Å². The van der Waals surface area contributed by atoms with Gasteiger partial charge in [-0.1, -0.05) is 20.8 Å². The highest BCUT2D eigenvalue weighted by molar-refractivity contribution is 5.67. The third kappa shape index (κ3) is 14.2. The number of hydrogen-bond donors (Lipinski definition) is 1. The molecule has 0 aromatic carbocycles. The van der Waals surface area contributed by atoms with Crippen LogP contribution in [-0.4, -0.2) is 18.2 Å². The van der Waals surface area contributed by atoms with Crippen molar-refractivity contribution < 1.29 is 11.0 Å². The molecule has 0 atom stereocenters. The van der Waals surface area contributed by atoms with Crippen LogP contribution in [0.1, 0.15) is 49.4 Å². The number of hydrogen-bond acceptors (Lipinski definition) is 2. The van der Waals surface area contributed by atoms with Crippen molar-refractivity contribution >= 4 is 6.09 Å². The number of nitrogens with one attached hydrogen (secondary N) is 1. The first-order chi connectivity index (χ1) is 5.95. The topological polar surface area (TPSA) is 38.3 Å². The SMILES string of the molecule is CC.CCCNC(=O)OC(C)(C)C.[HH]. The third-order valence-corrected chi connectivity index (χ3v) is 0.918. The molecule has 0 radical (unpaired) electrons. The van der Waals surface area contributed by atoms with Crippen LogP contribution in [0, 0.1) is 0 Å². The minimum absolute atomic E-state index is 0. The molecule has 0 aliphatic heterocycles. The average Bonchev–Trinajstić information content (AvgIpc) is 2.01. The highest BCUT2D eigenvalue weighted by Gasteiger charge is 2.14. The molecule has 3 nitrogen and oxygen atoms in total. The number of alkyl carbamates (subject to hydrolysis) is 1. The van der Waals surface area contributed by atoms with E-state index in [2.05, 4.69) is 5.32 Å². The Balaban J connectivity index is -0.000000376.